The fourth-order valence-corrected chi connectivity index (χ4v) is 1.85. The Labute approximate surface area is 106 Å². The average molecular weight is 248 g/mol. The Morgan fingerprint density at radius 3 is 2.47 bits per heavy atom. The first-order chi connectivity index (χ1) is 8.24. The normalized spacial score (nSPS) is 12.4. The molecule has 17 heavy (non-hydrogen) atoms. The fourth-order valence-electron chi connectivity index (χ4n) is 1.73. The van der Waals surface area contributed by atoms with Gasteiger partial charge >= 0.3 is 0 Å². The second-order valence-electron chi connectivity index (χ2n) is 4.01. The third kappa shape index (κ3) is 3.84. The molecule has 88 valence electrons. The zero-order chi connectivity index (χ0) is 12.1. The van der Waals surface area contributed by atoms with Crippen LogP contribution in [0.15, 0.2) is 48.7 Å². The first-order valence-electron chi connectivity index (χ1n) is 5.56. The molecule has 0 amide bonds. The molecular formula is C14H14ClNO. The lowest BCUT2D eigenvalue weighted by Crippen LogP contribution is -2.14. The number of aromatic nitrogens is 1. The fraction of sp³-hybridized carbons (Fsp3) is 0.214. The maximum absolute atomic E-state index is 9.95. The number of hydrogen-bond acceptors (Lipinski definition) is 2. The standard InChI is InChI=1S/C14H14ClNO/c15-12-6-4-11(5-7-12)9-14(17)10-13-3-1-2-8-16-13/h1-8,14,17H,9-10H2. The zero-order valence-corrected chi connectivity index (χ0v) is 10.1. The predicted molar refractivity (Wildman–Crippen MR) is 69.1 cm³/mol. The van der Waals surface area contributed by atoms with Crippen molar-refractivity contribution in [3.8, 4) is 0 Å². The van der Waals surface area contributed by atoms with Gasteiger partial charge in [0, 0.05) is 23.3 Å². The molecule has 1 heterocycles. The van der Waals surface area contributed by atoms with Crippen molar-refractivity contribution in [2.24, 2.45) is 0 Å². The first kappa shape index (κ1) is 12.1. The van der Waals surface area contributed by atoms with Crippen LogP contribution in [0.3, 0.4) is 0 Å². The Bertz CT molecular complexity index is 455. The Morgan fingerprint density at radius 1 is 1.06 bits per heavy atom. The van der Waals surface area contributed by atoms with E-state index in [1.807, 2.05) is 42.5 Å². The SMILES string of the molecule is OC(Cc1ccc(Cl)cc1)Cc1ccccn1. The van der Waals surface area contributed by atoms with Crippen LogP contribution >= 0.6 is 11.6 Å². The Morgan fingerprint density at radius 2 is 1.82 bits per heavy atom. The minimum Gasteiger partial charge on any atom is -0.392 e. The van der Waals surface area contributed by atoms with Crippen molar-refractivity contribution in [2.45, 2.75) is 18.9 Å². The lowest BCUT2D eigenvalue weighted by atomic mass is 10.0. The number of rotatable bonds is 4. The maximum Gasteiger partial charge on any atom is 0.0635 e. The lowest BCUT2D eigenvalue weighted by molar-refractivity contribution is 0.174. The quantitative estimate of drug-likeness (QED) is 0.901. The molecule has 2 nitrogen and oxygen atoms in total. The van der Waals surface area contributed by atoms with E-state index in [9.17, 15) is 5.11 Å². The summed E-state index contributed by atoms with van der Waals surface area (Å²) >= 11 is 5.81. The third-order valence-electron chi connectivity index (χ3n) is 2.56. The van der Waals surface area contributed by atoms with Crippen molar-refractivity contribution in [1.29, 1.82) is 0 Å². The van der Waals surface area contributed by atoms with E-state index in [2.05, 4.69) is 4.98 Å². The minimum absolute atomic E-state index is 0.411. The van der Waals surface area contributed by atoms with E-state index in [-0.39, 0.29) is 0 Å². The highest BCUT2D eigenvalue weighted by Gasteiger charge is 2.07. The molecule has 0 bridgehead atoms. The second kappa shape index (κ2) is 5.80. The lowest BCUT2D eigenvalue weighted by Gasteiger charge is -2.10. The molecule has 0 saturated carbocycles. The van der Waals surface area contributed by atoms with E-state index in [4.69, 9.17) is 11.6 Å². The van der Waals surface area contributed by atoms with E-state index in [1.54, 1.807) is 6.20 Å². The van der Waals surface area contributed by atoms with E-state index >= 15 is 0 Å². The number of benzene rings is 1. The molecule has 1 unspecified atom stereocenters. The molecule has 0 spiro atoms. The van der Waals surface area contributed by atoms with Crippen molar-refractivity contribution in [3.05, 3.63) is 64.9 Å². The van der Waals surface area contributed by atoms with Crippen molar-refractivity contribution >= 4 is 11.6 Å². The molecule has 0 radical (unpaired) electrons. The molecule has 1 aromatic carbocycles. The van der Waals surface area contributed by atoms with Crippen LogP contribution in [0.25, 0.3) is 0 Å². The summed E-state index contributed by atoms with van der Waals surface area (Å²) in [4.78, 5) is 4.19. The van der Waals surface area contributed by atoms with Gasteiger partial charge in [0.05, 0.1) is 6.10 Å². The van der Waals surface area contributed by atoms with E-state index in [0.717, 1.165) is 11.3 Å². The molecule has 0 aliphatic carbocycles. The largest absolute Gasteiger partial charge is 0.392 e. The summed E-state index contributed by atoms with van der Waals surface area (Å²) in [5.41, 5.74) is 1.99. The van der Waals surface area contributed by atoms with Crippen molar-refractivity contribution in [2.75, 3.05) is 0 Å². The maximum atomic E-state index is 9.95. The molecule has 2 rings (SSSR count). The van der Waals surface area contributed by atoms with Gasteiger partial charge in [-0.15, -0.1) is 0 Å². The van der Waals surface area contributed by atoms with E-state index in [1.165, 1.54) is 0 Å². The van der Waals surface area contributed by atoms with Gasteiger partial charge in [-0.3, -0.25) is 4.98 Å². The highest BCUT2D eigenvalue weighted by Crippen LogP contribution is 2.12. The van der Waals surface area contributed by atoms with Crippen LogP contribution in [-0.2, 0) is 12.8 Å². The molecule has 2 aromatic rings. The molecule has 0 aliphatic rings. The molecule has 3 heteroatoms. The molecule has 1 aromatic heterocycles. The number of hydrogen-bond donors (Lipinski definition) is 1. The molecule has 0 saturated heterocycles. The number of pyridine rings is 1. The van der Waals surface area contributed by atoms with Crippen LogP contribution in [0, 0.1) is 0 Å². The van der Waals surface area contributed by atoms with Crippen molar-refractivity contribution in [1.82, 2.24) is 4.98 Å². The van der Waals surface area contributed by atoms with E-state index < -0.39 is 6.10 Å². The Kier molecular flexibility index (Phi) is 4.13. The minimum atomic E-state index is -0.411. The monoisotopic (exact) mass is 247 g/mol. The highest BCUT2D eigenvalue weighted by molar-refractivity contribution is 6.30. The van der Waals surface area contributed by atoms with Gasteiger partial charge in [0.2, 0.25) is 0 Å². The van der Waals surface area contributed by atoms with Crippen LogP contribution in [0.2, 0.25) is 5.02 Å². The van der Waals surface area contributed by atoms with Gasteiger partial charge < -0.3 is 5.11 Å². The molecule has 1 N–H and O–H groups in total. The molecule has 1 atom stereocenters. The van der Waals surface area contributed by atoms with Gasteiger partial charge in [0.25, 0.3) is 0 Å². The van der Waals surface area contributed by atoms with Crippen LogP contribution in [0.4, 0.5) is 0 Å². The van der Waals surface area contributed by atoms with Gasteiger partial charge in [-0.1, -0.05) is 29.8 Å². The highest BCUT2D eigenvalue weighted by atomic mass is 35.5. The third-order valence-corrected chi connectivity index (χ3v) is 2.81. The van der Waals surface area contributed by atoms with Crippen LogP contribution in [0.1, 0.15) is 11.3 Å². The zero-order valence-electron chi connectivity index (χ0n) is 9.38. The topological polar surface area (TPSA) is 33.1 Å². The smallest absolute Gasteiger partial charge is 0.0635 e. The van der Waals surface area contributed by atoms with Gasteiger partial charge in [-0.05, 0) is 36.2 Å². The summed E-state index contributed by atoms with van der Waals surface area (Å²) in [7, 11) is 0. The summed E-state index contributed by atoms with van der Waals surface area (Å²) in [6, 6.07) is 13.3. The van der Waals surface area contributed by atoms with Gasteiger partial charge in [0.15, 0.2) is 0 Å². The summed E-state index contributed by atoms with van der Waals surface area (Å²) < 4.78 is 0. The summed E-state index contributed by atoms with van der Waals surface area (Å²) in [6.45, 7) is 0. The van der Waals surface area contributed by atoms with Gasteiger partial charge in [-0.2, -0.15) is 0 Å². The second-order valence-corrected chi connectivity index (χ2v) is 4.45. The number of aliphatic hydroxyl groups excluding tert-OH is 1. The van der Waals surface area contributed by atoms with Crippen LogP contribution in [0.5, 0.6) is 0 Å². The summed E-state index contributed by atoms with van der Waals surface area (Å²) in [5, 5.41) is 10.7. The Hall–Kier alpha value is -1.38. The number of nitrogens with zero attached hydrogens (tertiary/aromatic N) is 1. The molecule has 0 aliphatic heterocycles. The number of halogens is 1. The van der Waals surface area contributed by atoms with E-state index in [0.29, 0.717) is 17.9 Å². The first-order valence-corrected chi connectivity index (χ1v) is 5.94. The summed E-state index contributed by atoms with van der Waals surface area (Å²) in [5.74, 6) is 0. The number of aliphatic hydroxyl groups is 1. The van der Waals surface area contributed by atoms with Gasteiger partial charge in [-0.25, -0.2) is 0 Å². The van der Waals surface area contributed by atoms with Gasteiger partial charge in [0.1, 0.15) is 0 Å². The molecule has 0 fully saturated rings. The van der Waals surface area contributed by atoms with Crippen LogP contribution < -0.4 is 0 Å². The molecular weight excluding hydrogens is 234 g/mol. The van der Waals surface area contributed by atoms with Crippen molar-refractivity contribution in [3.63, 3.8) is 0 Å². The van der Waals surface area contributed by atoms with Crippen LogP contribution in [-0.4, -0.2) is 16.2 Å². The Balaban J connectivity index is 1.93. The van der Waals surface area contributed by atoms with Crippen molar-refractivity contribution < 1.29 is 5.11 Å². The predicted octanol–water partition coefficient (Wildman–Crippen LogP) is 2.88. The summed E-state index contributed by atoms with van der Waals surface area (Å²) in [6.07, 6.45) is 2.52. The average Bonchev–Trinajstić information content (AvgIpc) is 2.33.